The average Bonchev–Trinajstić information content (AvgIpc) is 2.48. The van der Waals surface area contributed by atoms with Crippen molar-refractivity contribution in [2.45, 2.75) is 19.9 Å². The van der Waals surface area contributed by atoms with E-state index in [1.807, 2.05) is 6.92 Å². The van der Waals surface area contributed by atoms with Gasteiger partial charge in [0, 0.05) is 0 Å². The molecule has 0 aliphatic heterocycles. The monoisotopic (exact) mass is 305 g/mol. The lowest BCUT2D eigenvalue weighted by atomic mass is 10.1. The van der Waals surface area contributed by atoms with Crippen LogP contribution >= 0.6 is 0 Å². The smallest absolute Gasteiger partial charge is 0.257 e. The van der Waals surface area contributed by atoms with E-state index in [1.54, 1.807) is 31.2 Å². The van der Waals surface area contributed by atoms with Crippen molar-refractivity contribution in [3.05, 3.63) is 65.2 Å². The molecular formula is C17H17F2NO2. The molecule has 1 atom stereocenters. The Hall–Kier alpha value is -2.43. The lowest BCUT2D eigenvalue weighted by Crippen LogP contribution is -2.28. The minimum absolute atomic E-state index is 0.387. The molecule has 1 amide bonds. The highest BCUT2D eigenvalue weighted by molar-refractivity contribution is 5.95. The summed E-state index contributed by atoms with van der Waals surface area (Å²) < 4.78 is 32.5. The van der Waals surface area contributed by atoms with Gasteiger partial charge >= 0.3 is 0 Å². The molecular weight excluding hydrogens is 288 g/mol. The number of ether oxygens (including phenoxy) is 1. The van der Waals surface area contributed by atoms with E-state index in [-0.39, 0.29) is 6.04 Å². The van der Waals surface area contributed by atoms with Crippen LogP contribution in [-0.4, -0.2) is 12.5 Å². The first kappa shape index (κ1) is 15.9. The van der Waals surface area contributed by atoms with Crippen LogP contribution in [0.5, 0.6) is 5.75 Å². The number of nitrogens with one attached hydrogen (secondary N) is 1. The molecule has 0 bridgehead atoms. The van der Waals surface area contributed by atoms with Gasteiger partial charge in [-0.2, -0.15) is 0 Å². The van der Waals surface area contributed by atoms with Crippen LogP contribution in [0.4, 0.5) is 8.78 Å². The maximum Gasteiger partial charge on any atom is 0.257 e. The number of hydrogen-bond acceptors (Lipinski definition) is 2. The topological polar surface area (TPSA) is 38.3 Å². The van der Waals surface area contributed by atoms with E-state index in [4.69, 9.17) is 4.74 Å². The summed E-state index contributed by atoms with van der Waals surface area (Å²) in [5.74, 6) is -1.81. The van der Waals surface area contributed by atoms with Crippen molar-refractivity contribution in [2.75, 3.05) is 6.61 Å². The van der Waals surface area contributed by atoms with E-state index in [9.17, 15) is 13.6 Å². The number of benzene rings is 2. The number of carbonyl (C=O) groups is 1. The van der Waals surface area contributed by atoms with Crippen LogP contribution in [0.3, 0.4) is 0 Å². The molecule has 0 radical (unpaired) electrons. The van der Waals surface area contributed by atoms with Gasteiger partial charge in [0.2, 0.25) is 0 Å². The van der Waals surface area contributed by atoms with Gasteiger partial charge in [-0.1, -0.05) is 18.2 Å². The first-order valence-electron chi connectivity index (χ1n) is 7.00. The van der Waals surface area contributed by atoms with Crippen molar-refractivity contribution >= 4 is 5.91 Å². The highest BCUT2D eigenvalue weighted by Gasteiger charge is 2.19. The van der Waals surface area contributed by atoms with Gasteiger partial charge in [-0.3, -0.25) is 4.79 Å². The van der Waals surface area contributed by atoms with E-state index in [2.05, 4.69) is 5.32 Å². The lowest BCUT2D eigenvalue weighted by molar-refractivity contribution is 0.0931. The molecule has 22 heavy (non-hydrogen) atoms. The molecule has 3 nitrogen and oxygen atoms in total. The molecule has 2 aromatic carbocycles. The second-order valence-corrected chi connectivity index (χ2v) is 4.79. The van der Waals surface area contributed by atoms with E-state index >= 15 is 0 Å². The van der Waals surface area contributed by atoms with E-state index in [1.165, 1.54) is 6.07 Å². The first-order valence-corrected chi connectivity index (χ1v) is 7.00. The number of amides is 1. The predicted octanol–water partition coefficient (Wildman–Crippen LogP) is 3.85. The highest BCUT2D eigenvalue weighted by atomic mass is 19.1. The van der Waals surface area contributed by atoms with Gasteiger partial charge in [-0.25, -0.2) is 8.78 Å². The van der Waals surface area contributed by atoms with Gasteiger partial charge in [0.15, 0.2) is 0 Å². The molecule has 1 N–H and O–H groups in total. The average molecular weight is 305 g/mol. The Kier molecular flexibility index (Phi) is 5.09. The number of carbonyl (C=O) groups excluding carboxylic acids is 1. The minimum Gasteiger partial charge on any atom is -0.494 e. The van der Waals surface area contributed by atoms with Gasteiger partial charge in [-0.15, -0.1) is 0 Å². The van der Waals surface area contributed by atoms with E-state index in [0.717, 1.165) is 23.4 Å². The van der Waals surface area contributed by atoms with Crippen LogP contribution in [0, 0.1) is 11.6 Å². The highest BCUT2D eigenvalue weighted by Crippen LogP contribution is 2.19. The summed E-state index contributed by atoms with van der Waals surface area (Å²) in [6.07, 6.45) is 0. The second-order valence-electron chi connectivity index (χ2n) is 4.79. The maximum absolute atomic E-state index is 13.6. The van der Waals surface area contributed by atoms with Crippen LogP contribution in [0.15, 0.2) is 42.5 Å². The summed E-state index contributed by atoms with van der Waals surface area (Å²) in [7, 11) is 0. The van der Waals surface area contributed by atoms with Crippen LogP contribution in [0.1, 0.15) is 35.8 Å². The fraction of sp³-hybridized carbons (Fsp3) is 0.235. The lowest BCUT2D eigenvalue weighted by Gasteiger charge is -2.15. The molecule has 0 aromatic heterocycles. The Morgan fingerprint density at radius 2 is 1.73 bits per heavy atom. The molecule has 0 fully saturated rings. The van der Waals surface area contributed by atoms with Crippen molar-refractivity contribution in [3.8, 4) is 5.75 Å². The van der Waals surface area contributed by atoms with Crippen molar-refractivity contribution in [3.63, 3.8) is 0 Å². The second kappa shape index (κ2) is 7.02. The Labute approximate surface area is 127 Å². The minimum atomic E-state index is -0.878. The van der Waals surface area contributed by atoms with E-state index < -0.39 is 23.1 Å². The molecule has 1 unspecified atom stereocenters. The summed E-state index contributed by atoms with van der Waals surface area (Å²) >= 11 is 0. The predicted molar refractivity (Wildman–Crippen MR) is 79.9 cm³/mol. The Bertz CT molecular complexity index is 636. The molecule has 0 saturated heterocycles. The summed E-state index contributed by atoms with van der Waals surface area (Å²) in [4.78, 5) is 12.0. The van der Waals surface area contributed by atoms with E-state index in [0.29, 0.717) is 6.61 Å². The van der Waals surface area contributed by atoms with Crippen LogP contribution < -0.4 is 10.1 Å². The van der Waals surface area contributed by atoms with Crippen LogP contribution in [0.2, 0.25) is 0 Å². The summed E-state index contributed by atoms with van der Waals surface area (Å²) in [6.45, 7) is 4.20. The molecule has 0 spiro atoms. The third-order valence-electron chi connectivity index (χ3n) is 3.23. The Morgan fingerprint density at radius 1 is 1.14 bits per heavy atom. The van der Waals surface area contributed by atoms with Crippen LogP contribution in [0.25, 0.3) is 0 Å². The fourth-order valence-corrected chi connectivity index (χ4v) is 2.09. The van der Waals surface area contributed by atoms with Gasteiger partial charge in [0.1, 0.15) is 22.9 Å². The standard InChI is InChI=1S/C17H17F2NO2/c1-3-22-13-9-7-12(8-10-13)11(2)20-17(21)16-14(18)5-4-6-15(16)19/h4-11H,3H2,1-2H3,(H,20,21). The summed E-state index contributed by atoms with van der Waals surface area (Å²) in [5.41, 5.74) is 0.244. The van der Waals surface area contributed by atoms with Crippen LogP contribution in [-0.2, 0) is 0 Å². The number of hydrogen-bond donors (Lipinski definition) is 1. The van der Waals surface area contributed by atoms with Crippen molar-refractivity contribution in [2.24, 2.45) is 0 Å². The molecule has 2 aromatic rings. The van der Waals surface area contributed by atoms with Gasteiger partial charge < -0.3 is 10.1 Å². The summed E-state index contributed by atoms with van der Waals surface area (Å²) in [6, 6.07) is 10.1. The molecule has 116 valence electrons. The largest absolute Gasteiger partial charge is 0.494 e. The third-order valence-corrected chi connectivity index (χ3v) is 3.23. The first-order chi connectivity index (χ1) is 10.5. The maximum atomic E-state index is 13.6. The molecule has 0 heterocycles. The quantitative estimate of drug-likeness (QED) is 0.911. The van der Waals surface area contributed by atoms with Gasteiger partial charge in [-0.05, 0) is 43.7 Å². The SMILES string of the molecule is CCOc1ccc(C(C)NC(=O)c2c(F)cccc2F)cc1. The van der Waals surface area contributed by atoms with Gasteiger partial charge in [0.05, 0.1) is 12.6 Å². The molecule has 2 rings (SSSR count). The normalized spacial score (nSPS) is 11.8. The molecule has 0 aliphatic rings. The van der Waals surface area contributed by atoms with Gasteiger partial charge in [0.25, 0.3) is 5.91 Å². The zero-order chi connectivity index (χ0) is 16.1. The Morgan fingerprint density at radius 3 is 2.27 bits per heavy atom. The zero-order valence-corrected chi connectivity index (χ0v) is 12.4. The number of halogens is 2. The number of rotatable bonds is 5. The molecule has 5 heteroatoms. The van der Waals surface area contributed by atoms with Crippen molar-refractivity contribution in [1.29, 1.82) is 0 Å². The molecule has 0 saturated carbocycles. The molecule has 0 aliphatic carbocycles. The zero-order valence-electron chi connectivity index (χ0n) is 12.4. The summed E-state index contributed by atoms with van der Waals surface area (Å²) in [5, 5.41) is 2.59. The third kappa shape index (κ3) is 3.61. The Balaban J connectivity index is 2.11. The van der Waals surface area contributed by atoms with Crippen molar-refractivity contribution in [1.82, 2.24) is 5.32 Å². The fourth-order valence-electron chi connectivity index (χ4n) is 2.09. The van der Waals surface area contributed by atoms with Crippen molar-refractivity contribution < 1.29 is 18.3 Å².